The third kappa shape index (κ3) is 4.71. The van der Waals surface area contributed by atoms with Gasteiger partial charge in [0.25, 0.3) is 0 Å². The maximum absolute atomic E-state index is 4.80. The molecule has 2 fully saturated rings. The molecule has 0 radical (unpaired) electrons. The van der Waals surface area contributed by atoms with Gasteiger partial charge in [-0.1, -0.05) is 6.07 Å². The first-order valence-corrected chi connectivity index (χ1v) is 9.51. The van der Waals surface area contributed by atoms with E-state index < -0.39 is 0 Å². The fourth-order valence-electron chi connectivity index (χ4n) is 3.10. The molecular formula is C17H28N4S. The fraction of sp³-hybridized carbons (Fsp3) is 0.706. The summed E-state index contributed by atoms with van der Waals surface area (Å²) in [7, 11) is 0. The van der Waals surface area contributed by atoms with E-state index >= 15 is 0 Å². The van der Waals surface area contributed by atoms with Crippen molar-refractivity contribution in [3.8, 4) is 0 Å². The van der Waals surface area contributed by atoms with Gasteiger partial charge in [-0.2, -0.15) is 0 Å². The van der Waals surface area contributed by atoms with Crippen LogP contribution in [0.25, 0.3) is 0 Å². The number of rotatable bonds is 7. The summed E-state index contributed by atoms with van der Waals surface area (Å²) < 4.78 is 0. The van der Waals surface area contributed by atoms with Crippen LogP contribution < -0.4 is 10.6 Å². The van der Waals surface area contributed by atoms with Crippen molar-refractivity contribution >= 4 is 17.3 Å². The topological polar surface area (TPSA) is 39.7 Å². The van der Waals surface area contributed by atoms with E-state index in [0.29, 0.717) is 0 Å². The van der Waals surface area contributed by atoms with E-state index in [2.05, 4.69) is 40.0 Å². The molecule has 1 saturated heterocycles. The monoisotopic (exact) mass is 320 g/mol. The number of aliphatic imine (C=N–C) groups is 1. The minimum Gasteiger partial charge on any atom is -0.357 e. The minimum absolute atomic E-state index is 0.744. The maximum Gasteiger partial charge on any atom is 0.191 e. The SMILES string of the molecule is CCNC(=NCC1CCN(C2CC2)C1)NCCc1cccs1. The Morgan fingerprint density at radius 2 is 2.27 bits per heavy atom. The van der Waals surface area contributed by atoms with Gasteiger partial charge in [0.2, 0.25) is 0 Å². The van der Waals surface area contributed by atoms with Gasteiger partial charge in [-0.05, 0) is 56.5 Å². The normalized spacial score (nSPS) is 23.0. The molecule has 1 aromatic rings. The lowest BCUT2D eigenvalue weighted by Gasteiger charge is -2.15. The summed E-state index contributed by atoms with van der Waals surface area (Å²) in [5.41, 5.74) is 0. The standard InChI is InChI=1S/C17H28N4S/c1-2-18-17(19-9-7-16-4-3-11-22-16)20-12-14-8-10-21(13-14)15-5-6-15/h3-4,11,14-15H,2,5-10,12-13H2,1H3,(H2,18,19,20). The third-order valence-electron chi connectivity index (χ3n) is 4.48. The zero-order valence-corrected chi connectivity index (χ0v) is 14.4. The van der Waals surface area contributed by atoms with Crippen molar-refractivity contribution in [1.29, 1.82) is 0 Å². The first kappa shape index (κ1) is 15.8. The smallest absolute Gasteiger partial charge is 0.191 e. The van der Waals surface area contributed by atoms with Gasteiger partial charge in [-0.15, -0.1) is 11.3 Å². The highest BCUT2D eigenvalue weighted by Crippen LogP contribution is 2.31. The summed E-state index contributed by atoms with van der Waals surface area (Å²) in [5, 5.41) is 8.96. The molecule has 1 atom stereocenters. The summed E-state index contributed by atoms with van der Waals surface area (Å²) in [4.78, 5) is 8.89. The first-order chi connectivity index (χ1) is 10.8. The number of nitrogens with zero attached hydrogens (tertiary/aromatic N) is 2. The van der Waals surface area contributed by atoms with Gasteiger partial charge >= 0.3 is 0 Å². The van der Waals surface area contributed by atoms with Crippen LogP contribution in [0.4, 0.5) is 0 Å². The van der Waals surface area contributed by atoms with Crippen molar-refractivity contribution in [1.82, 2.24) is 15.5 Å². The van der Waals surface area contributed by atoms with E-state index in [4.69, 9.17) is 4.99 Å². The Hall–Kier alpha value is -1.07. The quantitative estimate of drug-likeness (QED) is 0.598. The lowest BCUT2D eigenvalue weighted by molar-refractivity contribution is 0.315. The number of guanidine groups is 1. The van der Waals surface area contributed by atoms with Crippen LogP contribution in [-0.4, -0.2) is 49.6 Å². The highest BCUT2D eigenvalue weighted by atomic mass is 32.1. The van der Waals surface area contributed by atoms with Gasteiger partial charge < -0.3 is 15.5 Å². The molecule has 2 N–H and O–H groups in total. The van der Waals surface area contributed by atoms with E-state index in [1.807, 2.05) is 11.3 Å². The lowest BCUT2D eigenvalue weighted by Crippen LogP contribution is -2.38. The lowest BCUT2D eigenvalue weighted by atomic mass is 10.1. The molecule has 22 heavy (non-hydrogen) atoms. The Morgan fingerprint density at radius 3 is 3.00 bits per heavy atom. The van der Waals surface area contributed by atoms with E-state index in [-0.39, 0.29) is 0 Å². The van der Waals surface area contributed by atoms with Gasteiger partial charge in [-0.25, -0.2) is 0 Å². The van der Waals surface area contributed by atoms with Gasteiger partial charge in [0.05, 0.1) is 0 Å². The first-order valence-electron chi connectivity index (χ1n) is 8.63. The number of hydrogen-bond acceptors (Lipinski definition) is 3. The van der Waals surface area contributed by atoms with Crippen LogP contribution in [0.3, 0.4) is 0 Å². The summed E-state index contributed by atoms with van der Waals surface area (Å²) in [5.74, 6) is 1.72. The van der Waals surface area contributed by atoms with Crippen molar-refractivity contribution in [2.45, 2.75) is 38.6 Å². The minimum atomic E-state index is 0.744. The molecule has 5 heteroatoms. The van der Waals surface area contributed by atoms with Crippen molar-refractivity contribution in [3.05, 3.63) is 22.4 Å². The second-order valence-corrected chi connectivity index (χ2v) is 7.39. The van der Waals surface area contributed by atoms with Gasteiger partial charge in [0.1, 0.15) is 0 Å². The summed E-state index contributed by atoms with van der Waals surface area (Å²) >= 11 is 1.82. The van der Waals surface area contributed by atoms with Crippen LogP contribution in [0, 0.1) is 5.92 Å². The number of thiophene rings is 1. The summed E-state index contributed by atoms with van der Waals surface area (Å²) in [6.45, 7) is 7.49. The maximum atomic E-state index is 4.80. The molecule has 2 aliphatic rings. The largest absolute Gasteiger partial charge is 0.357 e. The molecule has 1 unspecified atom stereocenters. The Morgan fingerprint density at radius 1 is 1.36 bits per heavy atom. The predicted molar refractivity (Wildman–Crippen MR) is 94.7 cm³/mol. The number of nitrogens with one attached hydrogen (secondary N) is 2. The van der Waals surface area contributed by atoms with Crippen molar-refractivity contribution in [3.63, 3.8) is 0 Å². The molecule has 0 spiro atoms. The summed E-state index contributed by atoms with van der Waals surface area (Å²) in [6.07, 6.45) is 5.22. The highest BCUT2D eigenvalue weighted by molar-refractivity contribution is 7.09. The molecule has 4 nitrogen and oxygen atoms in total. The molecular weight excluding hydrogens is 292 g/mol. The molecule has 2 heterocycles. The Bertz CT molecular complexity index is 467. The van der Waals surface area contributed by atoms with Gasteiger partial charge in [-0.3, -0.25) is 4.99 Å². The molecule has 0 amide bonds. The predicted octanol–water partition coefficient (Wildman–Crippen LogP) is 2.33. The molecule has 1 aliphatic heterocycles. The highest BCUT2D eigenvalue weighted by Gasteiger charge is 2.34. The average molecular weight is 321 g/mol. The molecule has 3 rings (SSSR count). The molecule has 122 valence electrons. The van der Waals surface area contributed by atoms with Crippen LogP contribution >= 0.6 is 11.3 Å². The van der Waals surface area contributed by atoms with Crippen LogP contribution in [0.5, 0.6) is 0 Å². The van der Waals surface area contributed by atoms with E-state index in [0.717, 1.165) is 44.0 Å². The van der Waals surface area contributed by atoms with Crippen LogP contribution in [0.15, 0.2) is 22.5 Å². The zero-order valence-electron chi connectivity index (χ0n) is 13.6. The summed E-state index contributed by atoms with van der Waals surface area (Å²) in [6, 6.07) is 5.22. The average Bonchev–Trinajstić information content (AvgIpc) is 3.05. The fourth-order valence-corrected chi connectivity index (χ4v) is 3.81. The van der Waals surface area contributed by atoms with Crippen molar-refractivity contribution in [2.24, 2.45) is 10.9 Å². The Labute approximate surface area is 138 Å². The van der Waals surface area contributed by atoms with Gasteiger partial charge in [0.15, 0.2) is 5.96 Å². The molecule has 1 aliphatic carbocycles. The number of likely N-dealkylation sites (tertiary alicyclic amines) is 1. The molecule has 1 saturated carbocycles. The van der Waals surface area contributed by atoms with Crippen molar-refractivity contribution in [2.75, 3.05) is 32.7 Å². The Kier molecular flexibility index (Phi) is 5.73. The zero-order chi connectivity index (χ0) is 15.2. The van der Waals surface area contributed by atoms with Crippen molar-refractivity contribution < 1.29 is 0 Å². The van der Waals surface area contributed by atoms with E-state index in [9.17, 15) is 0 Å². The Balaban J connectivity index is 1.41. The number of hydrogen-bond donors (Lipinski definition) is 2. The molecule has 1 aromatic heterocycles. The van der Waals surface area contributed by atoms with Crippen LogP contribution in [0.2, 0.25) is 0 Å². The molecule has 0 bridgehead atoms. The van der Waals surface area contributed by atoms with E-state index in [1.165, 1.54) is 37.2 Å². The third-order valence-corrected chi connectivity index (χ3v) is 5.41. The van der Waals surface area contributed by atoms with Crippen LogP contribution in [-0.2, 0) is 6.42 Å². The second kappa shape index (κ2) is 7.97. The van der Waals surface area contributed by atoms with Crippen LogP contribution in [0.1, 0.15) is 31.1 Å². The molecule has 0 aromatic carbocycles. The van der Waals surface area contributed by atoms with E-state index in [1.54, 1.807) is 0 Å². The van der Waals surface area contributed by atoms with Gasteiger partial charge in [0, 0.05) is 37.1 Å². The second-order valence-electron chi connectivity index (χ2n) is 6.36.